The predicted molar refractivity (Wildman–Crippen MR) is 167 cm³/mol. The van der Waals surface area contributed by atoms with E-state index in [9.17, 15) is 24.3 Å². The van der Waals surface area contributed by atoms with Crippen molar-refractivity contribution in [3.8, 4) is 0 Å². The fraction of sp³-hybridized carbons (Fsp3) is 0.545. The highest BCUT2D eigenvalue weighted by Crippen LogP contribution is 2.27. The van der Waals surface area contributed by atoms with Gasteiger partial charge in [0.25, 0.3) is 5.91 Å². The van der Waals surface area contributed by atoms with Crippen LogP contribution in [-0.4, -0.2) is 70.1 Å². The fourth-order valence-corrected chi connectivity index (χ4v) is 5.70. The number of fused-ring (bicyclic) bond motifs is 1. The van der Waals surface area contributed by atoms with Crippen LogP contribution in [0.1, 0.15) is 83.6 Å². The number of nitrogens with zero attached hydrogens (tertiary/aromatic N) is 2. The molecule has 44 heavy (non-hydrogen) atoms. The topological polar surface area (TPSA) is 150 Å². The minimum Gasteiger partial charge on any atom is -0.455 e. The van der Waals surface area contributed by atoms with Gasteiger partial charge in [-0.3, -0.25) is 24.2 Å². The second-order valence-corrected chi connectivity index (χ2v) is 12.2. The molecule has 0 spiro atoms. The van der Waals surface area contributed by atoms with Crippen molar-refractivity contribution in [2.24, 2.45) is 11.8 Å². The van der Waals surface area contributed by atoms with Crippen molar-refractivity contribution < 1.29 is 29.0 Å². The van der Waals surface area contributed by atoms with Gasteiger partial charge in [-0.1, -0.05) is 44.2 Å². The fourth-order valence-electron chi connectivity index (χ4n) is 5.70. The van der Waals surface area contributed by atoms with E-state index in [-0.39, 0.29) is 17.9 Å². The lowest BCUT2D eigenvalue weighted by molar-refractivity contribution is -0.157. The predicted octanol–water partition coefficient (Wildman–Crippen LogP) is 3.17. The summed E-state index contributed by atoms with van der Waals surface area (Å²) in [5.74, 6) is -1.02. The molecule has 4 N–H and O–H groups in total. The number of amides is 3. The molecule has 11 heteroatoms. The smallest absolute Gasteiger partial charge is 0.325 e. The number of benzene rings is 1. The van der Waals surface area contributed by atoms with E-state index in [1.807, 2.05) is 24.3 Å². The van der Waals surface area contributed by atoms with Gasteiger partial charge in [0.05, 0.1) is 17.3 Å². The van der Waals surface area contributed by atoms with Crippen molar-refractivity contribution in [1.82, 2.24) is 26.1 Å². The number of allylic oxidation sites excluding steroid dienone is 1. The van der Waals surface area contributed by atoms with Crippen LogP contribution in [0.4, 0.5) is 0 Å². The Hall–Kier alpha value is -3.83. The Kier molecular flexibility index (Phi) is 11.5. The van der Waals surface area contributed by atoms with E-state index in [2.05, 4.69) is 34.3 Å². The summed E-state index contributed by atoms with van der Waals surface area (Å²) in [6.07, 6.45) is 8.77. The Balaban J connectivity index is 1.34. The number of aliphatic hydroxyl groups excluding tert-OH is 1. The molecule has 1 aromatic carbocycles. The molecule has 4 atom stereocenters. The molecule has 11 nitrogen and oxygen atoms in total. The van der Waals surface area contributed by atoms with E-state index in [1.165, 1.54) is 5.01 Å². The lowest BCUT2D eigenvalue weighted by atomic mass is 9.87. The first-order valence-electron chi connectivity index (χ1n) is 15.6. The van der Waals surface area contributed by atoms with Crippen molar-refractivity contribution in [2.75, 3.05) is 6.54 Å². The lowest BCUT2D eigenvalue weighted by Gasteiger charge is -2.35. The van der Waals surface area contributed by atoms with Gasteiger partial charge < -0.3 is 20.5 Å². The lowest BCUT2D eigenvalue weighted by Crippen LogP contribution is -2.60. The summed E-state index contributed by atoms with van der Waals surface area (Å²) in [6, 6.07) is 7.56. The number of esters is 1. The Bertz CT molecular complexity index is 1360. The molecule has 0 bridgehead atoms. The Morgan fingerprint density at radius 2 is 1.80 bits per heavy atom. The van der Waals surface area contributed by atoms with Crippen LogP contribution < -0.4 is 16.1 Å². The second kappa shape index (κ2) is 15.3. The van der Waals surface area contributed by atoms with Crippen molar-refractivity contribution in [3.05, 3.63) is 47.7 Å². The Morgan fingerprint density at radius 1 is 1.07 bits per heavy atom. The molecule has 1 saturated heterocycles. The number of hydrogen-bond acceptors (Lipinski definition) is 8. The van der Waals surface area contributed by atoms with Crippen LogP contribution in [0, 0.1) is 11.8 Å². The van der Waals surface area contributed by atoms with Gasteiger partial charge >= 0.3 is 5.97 Å². The summed E-state index contributed by atoms with van der Waals surface area (Å²) >= 11 is 0. The monoisotopic (exact) mass is 607 g/mol. The largest absolute Gasteiger partial charge is 0.455 e. The van der Waals surface area contributed by atoms with Crippen LogP contribution in [0.2, 0.25) is 0 Å². The van der Waals surface area contributed by atoms with Crippen LogP contribution in [0.3, 0.4) is 0 Å². The molecule has 238 valence electrons. The number of pyridine rings is 1. The summed E-state index contributed by atoms with van der Waals surface area (Å²) in [6.45, 7) is 7.31. The SMILES string of the molecule is CC(NC(=O)C(NC=O)C(C)C)C(=O)N1CCCC(C(=O)O[C@H](C)c2ccc3ccc(/C=C/C4CCC(O)CC4)cc3n2)N1. The highest BCUT2D eigenvalue weighted by molar-refractivity contribution is 5.90. The maximum absolute atomic E-state index is 13.1. The first-order chi connectivity index (χ1) is 21.0. The van der Waals surface area contributed by atoms with Gasteiger partial charge in [-0.25, -0.2) is 10.4 Å². The van der Waals surface area contributed by atoms with Crippen molar-refractivity contribution in [1.29, 1.82) is 0 Å². The van der Waals surface area contributed by atoms with Gasteiger partial charge in [0, 0.05) is 11.9 Å². The van der Waals surface area contributed by atoms with Gasteiger partial charge in [0.15, 0.2) is 0 Å². The second-order valence-electron chi connectivity index (χ2n) is 12.2. The Labute approximate surface area is 258 Å². The molecule has 3 unspecified atom stereocenters. The number of aromatic nitrogens is 1. The van der Waals surface area contributed by atoms with Crippen LogP contribution in [-0.2, 0) is 23.9 Å². The maximum Gasteiger partial charge on any atom is 0.325 e. The van der Waals surface area contributed by atoms with Crippen LogP contribution in [0.5, 0.6) is 0 Å². The van der Waals surface area contributed by atoms with Crippen molar-refractivity contribution in [2.45, 2.75) is 96.6 Å². The normalized spacial score (nSPS) is 22.8. The first-order valence-corrected chi connectivity index (χ1v) is 15.6. The summed E-state index contributed by atoms with van der Waals surface area (Å²) in [5, 5.41) is 17.2. The van der Waals surface area contributed by atoms with E-state index in [4.69, 9.17) is 9.72 Å². The van der Waals surface area contributed by atoms with Gasteiger partial charge in [-0.15, -0.1) is 0 Å². The van der Waals surface area contributed by atoms with Gasteiger partial charge in [0.2, 0.25) is 12.3 Å². The molecule has 1 aliphatic carbocycles. The molecule has 2 aliphatic rings. The van der Waals surface area contributed by atoms with Crippen molar-refractivity contribution in [3.63, 3.8) is 0 Å². The number of carbonyl (C=O) groups is 4. The number of hydrazine groups is 1. The molecular formula is C33H45N5O6. The zero-order chi connectivity index (χ0) is 31.8. The highest BCUT2D eigenvalue weighted by Gasteiger charge is 2.33. The molecule has 0 radical (unpaired) electrons. The van der Waals surface area contributed by atoms with E-state index in [0.29, 0.717) is 37.4 Å². The first kappa shape index (κ1) is 33.1. The van der Waals surface area contributed by atoms with Crippen LogP contribution in [0.15, 0.2) is 36.4 Å². The molecule has 1 aliphatic heterocycles. The molecule has 3 amide bonds. The highest BCUT2D eigenvalue weighted by atomic mass is 16.5. The Morgan fingerprint density at radius 3 is 2.50 bits per heavy atom. The zero-order valence-electron chi connectivity index (χ0n) is 26.0. The molecule has 2 aromatic rings. The van der Waals surface area contributed by atoms with E-state index in [0.717, 1.165) is 42.1 Å². The quantitative estimate of drug-likeness (QED) is 0.225. The maximum atomic E-state index is 13.1. The van der Waals surface area contributed by atoms with Crippen molar-refractivity contribution >= 4 is 41.2 Å². The standard InChI is InChI=1S/C33H45N5O6/c1-20(2)30(34-19-39)31(41)35-21(3)32(42)38-17-5-6-28(37-38)33(43)44-22(4)27-16-13-25-12-9-24(18-29(25)36-27)8-7-23-10-14-26(40)15-11-23/h7-9,12-13,16,18-23,26,28,30,37,40H,5-6,10-11,14-15,17H2,1-4H3,(H,34,39)(H,35,41)/b8-7+/t21?,22-,23?,26?,28?,30?/m1/s1. The van der Waals surface area contributed by atoms with Crippen LogP contribution in [0.25, 0.3) is 17.0 Å². The molecular weight excluding hydrogens is 562 g/mol. The van der Waals surface area contributed by atoms with Gasteiger partial charge in [-0.05, 0) is 81.9 Å². The minimum atomic E-state index is -0.865. The number of ether oxygens (including phenoxy) is 1. The molecule has 2 heterocycles. The molecule has 1 saturated carbocycles. The summed E-state index contributed by atoms with van der Waals surface area (Å²) in [5.41, 5.74) is 5.43. The summed E-state index contributed by atoms with van der Waals surface area (Å²) < 4.78 is 5.78. The molecule has 2 fully saturated rings. The average Bonchev–Trinajstić information content (AvgIpc) is 3.02. The third-order valence-electron chi connectivity index (χ3n) is 8.41. The number of hydrogen-bond donors (Lipinski definition) is 4. The average molecular weight is 608 g/mol. The van der Waals surface area contributed by atoms with Gasteiger partial charge in [0.1, 0.15) is 24.2 Å². The molecule has 4 rings (SSSR count). The number of carbonyl (C=O) groups excluding carboxylic acids is 4. The third-order valence-corrected chi connectivity index (χ3v) is 8.41. The van der Waals surface area contributed by atoms with E-state index >= 15 is 0 Å². The van der Waals surface area contributed by atoms with E-state index in [1.54, 1.807) is 27.7 Å². The third kappa shape index (κ3) is 8.63. The number of nitrogens with one attached hydrogen (secondary N) is 3. The minimum absolute atomic E-state index is 0.157. The van der Waals surface area contributed by atoms with Gasteiger partial charge in [-0.2, -0.15) is 0 Å². The number of rotatable bonds is 11. The summed E-state index contributed by atoms with van der Waals surface area (Å²) in [4.78, 5) is 54.4. The molecule has 1 aromatic heterocycles. The summed E-state index contributed by atoms with van der Waals surface area (Å²) in [7, 11) is 0. The van der Waals surface area contributed by atoms with Crippen LogP contribution >= 0.6 is 0 Å². The zero-order valence-corrected chi connectivity index (χ0v) is 26.0. The van der Waals surface area contributed by atoms with E-state index < -0.39 is 36.1 Å². The number of aliphatic hydroxyl groups is 1.